The van der Waals surface area contributed by atoms with Crippen LogP contribution in [-0.2, 0) is 29.2 Å². The number of piperidine rings is 1. The molecular formula is C26H31N3O4. The quantitative estimate of drug-likeness (QED) is 0.734. The van der Waals surface area contributed by atoms with Crippen molar-refractivity contribution in [2.24, 2.45) is 0 Å². The monoisotopic (exact) mass is 449 g/mol. The lowest BCUT2D eigenvalue weighted by Gasteiger charge is -2.41. The zero-order valence-electron chi connectivity index (χ0n) is 19.1. The molecular weight excluding hydrogens is 418 g/mol. The van der Waals surface area contributed by atoms with Gasteiger partial charge in [-0.1, -0.05) is 30.3 Å². The molecule has 2 fully saturated rings. The van der Waals surface area contributed by atoms with E-state index in [1.165, 1.54) is 5.56 Å². The maximum Gasteiger partial charge on any atom is 0.255 e. The van der Waals surface area contributed by atoms with Gasteiger partial charge in [-0.05, 0) is 36.6 Å². The minimum absolute atomic E-state index is 0.0153. The van der Waals surface area contributed by atoms with Gasteiger partial charge in [0.05, 0.1) is 25.3 Å². The molecule has 2 aromatic rings. The number of carbonyl (C=O) groups excluding carboxylic acids is 2. The van der Waals surface area contributed by atoms with Crippen molar-refractivity contribution in [2.45, 2.75) is 45.0 Å². The van der Waals surface area contributed by atoms with E-state index in [0.29, 0.717) is 38.1 Å². The highest BCUT2D eigenvalue weighted by Gasteiger charge is 2.43. The summed E-state index contributed by atoms with van der Waals surface area (Å²) in [7, 11) is 0. The third-order valence-electron chi connectivity index (χ3n) is 7.06. The average Bonchev–Trinajstić information content (AvgIpc) is 3.19. The van der Waals surface area contributed by atoms with Gasteiger partial charge in [-0.25, -0.2) is 0 Å². The second kappa shape index (κ2) is 9.15. The highest BCUT2D eigenvalue weighted by atomic mass is 16.5. The fourth-order valence-electron chi connectivity index (χ4n) is 4.87. The van der Waals surface area contributed by atoms with Gasteiger partial charge in [0, 0.05) is 43.7 Å². The summed E-state index contributed by atoms with van der Waals surface area (Å²) in [4.78, 5) is 29.1. The Kier molecular flexibility index (Phi) is 6.08. The lowest BCUT2D eigenvalue weighted by atomic mass is 9.90. The van der Waals surface area contributed by atoms with E-state index in [1.807, 2.05) is 23.1 Å². The molecule has 2 amide bonds. The maximum absolute atomic E-state index is 13.2. The van der Waals surface area contributed by atoms with Gasteiger partial charge in [-0.15, -0.1) is 0 Å². The van der Waals surface area contributed by atoms with E-state index >= 15 is 0 Å². The number of hydrogen-bond donors (Lipinski definition) is 1. The number of fused-ring (bicyclic) bond motifs is 1. The standard InChI is InChI=1S/C26H31N3O4/c1-26(10-9-24(30)27-18-26)29-16-22-21(25(29)31)3-2-4-23(22)33-17-20-7-5-19(6-8-20)15-28-11-13-32-14-12-28/h2-8H,9-18H2,1H3,(H,27,30). The van der Waals surface area contributed by atoms with Crippen LogP contribution in [-0.4, -0.2) is 60.0 Å². The van der Waals surface area contributed by atoms with Crippen LogP contribution >= 0.6 is 0 Å². The van der Waals surface area contributed by atoms with Crippen molar-refractivity contribution in [3.05, 3.63) is 64.7 Å². The minimum atomic E-state index is -0.377. The van der Waals surface area contributed by atoms with Crippen molar-refractivity contribution in [1.82, 2.24) is 15.1 Å². The number of nitrogens with one attached hydrogen (secondary N) is 1. The molecule has 0 radical (unpaired) electrons. The molecule has 0 saturated carbocycles. The van der Waals surface area contributed by atoms with Gasteiger partial charge in [-0.2, -0.15) is 0 Å². The normalized spacial score (nSPS) is 23.4. The third-order valence-corrected chi connectivity index (χ3v) is 7.06. The first-order valence-corrected chi connectivity index (χ1v) is 11.7. The molecule has 5 rings (SSSR count). The lowest BCUT2D eigenvalue weighted by Crippen LogP contribution is -2.57. The van der Waals surface area contributed by atoms with Gasteiger partial charge >= 0.3 is 0 Å². The summed E-state index contributed by atoms with van der Waals surface area (Å²) in [5.74, 6) is 0.822. The first kappa shape index (κ1) is 21.9. The van der Waals surface area contributed by atoms with Crippen LogP contribution in [0.4, 0.5) is 0 Å². The van der Waals surface area contributed by atoms with Crippen LogP contribution in [0.2, 0.25) is 0 Å². The van der Waals surface area contributed by atoms with E-state index in [2.05, 4.69) is 41.4 Å². The largest absolute Gasteiger partial charge is 0.489 e. The van der Waals surface area contributed by atoms with E-state index in [1.54, 1.807) is 0 Å². The highest BCUT2D eigenvalue weighted by molar-refractivity contribution is 5.99. The van der Waals surface area contributed by atoms with E-state index in [-0.39, 0.29) is 17.4 Å². The van der Waals surface area contributed by atoms with E-state index in [4.69, 9.17) is 9.47 Å². The van der Waals surface area contributed by atoms with Crippen LogP contribution in [0.5, 0.6) is 5.75 Å². The topological polar surface area (TPSA) is 71.1 Å². The number of ether oxygens (including phenoxy) is 2. The van der Waals surface area contributed by atoms with Crippen LogP contribution in [0.3, 0.4) is 0 Å². The Balaban J connectivity index is 1.23. The first-order chi connectivity index (χ1) is 16.0. The SMILES string of the molecule is CC1(N2Cc3c(OCc4ccc(CN5CCOCC5)cc4)cccc3C2=O)CCC(=O)NC1. The summed E-state index contributed by atoms with van der Waals surface area (Å²) in [6, 6.07) is 14.2. The second-order valence-electron chi connectivity index (χ2n) is 9.44. The molecule has 7 nitrogen and oxygen atoms in total. The summed E-state index contributed by atoms with van der Waals surface area (Å²) in [5.41, 5.74) is 3.64. The Morgan fingerprint density at radius 3 is 2.55 bits per heavy atom. The zero-order chi connectivity index (χ0) is 22.8. The van der Waals surface area contributed by atoms with Gasteiger partial charge in [0.15, 0.2) is 0 Å². The minimum Gasteiger partial charge on any atom is -0.489 e. The Labute approximate surface area is 194 Å². The van der Waals surface area contributed by atoms with Crippen molar-refractivity contribution in [3.8, 4) is 5.75 Å². The van der Waals surface area contributed by atoms with Crippen LogP contribution in [0.25, 0.3) is 0 Å². The van der Waals surface area contributed by atoms with Gasteiger partial charge < -0.3 is 19.7 Å². The molecule has 2 aromatic carbocycles. The van der Waals surface area contributed by atoms with E-state index in [9.17, 15) is 9.59 Å². The summed E-state index contributed by atoms with van der Waals surface area (Å²) in [6.07, 6.45) is 1.12. The van der Waals surface area contributed by atoms with E-state index in [0.717, 1.165) is 49.7 Å². The molecule has 3 aliphatic rings. The predicted octanol–water partition coefficient (Wildman–Crippen LogP) is 2.72. The van der Waals surface area contributed by atoms with Crippen LogP contribution in [0, 0.1) is 0 Å². The Morgan fingerprint density at radius 2 is 1.82 bits per heavy atom. The van der Waals surface area contributed by atoms with Crippen molar-refractivity contribution in [1.29, 1.82) is 0 Å². The number of rotatable bonds is 6. The maximum atomic E-state index is 13.2. The molecule has 0 bridgehead atoms. The Morgan fingerprint density at radius 1 is 1.06 bits per heavy atom. The number of amides is 2. The summed E-state index contributed by atoms with van der Waals surface area (Å²) >= 11 is 0. The fraction of sp³-hybridized carbons (Fsp3) is 0.462. The third kappa shape index (κ3) is 4.61. The number of nitrogens with zero attached hydrogens (tertiary/aromatic N) is 2. The van der Waals surface area contributed by atoms with Gasteiger partial charge in [-0.3, -0.25) is 14.5 Å². The van der Waals surface area contributed by atoms with Crippen molar-refractivity contribution in [2.75, 3.05) is 32.8 Å². The number of morpholine rings is 1. The molecule has 33 heavy (non-hydrogen) atoms. The first-order valence-electron chi connectivity index (χ1n) is 11.7. The molecule has 3 aliphatic heterocycles. The molecule has 3 heterocycles. The van der Waals surface area contributed by atoms with Crippen molar-refractivity contribution < 1.29 is 19.1 Å². The Bertz CT molecular complexity index is 1020. The number of hydrogen-bond acceptors (Lipinski definition) is 5. The van der Waals surface area contributed by atoms with Gasteiger partial charge in [0.1, 0.15) is 12.4 Å². The Hall–Kier alpha value is -2.90. The molecule has 1 N–H and O–H groups in total. The van der Waals surface area contributed by atoms with E-state index < -0.39 is 0 Å². The molecule has 2 saturated heterocycles. The molecule has 1 atom stereocenters. The van der Waals surface area contributed by atoms with Crippen molar-refractivity contribution >= 4 is 11.8 Å². The molecule has 1 unspecified atom stereocenters. The predicted molar refractivity (Wildman–Crippen MR) is 124 cm³/mol. The number of benzene rings is 2. The summed E-state index contributed by atoms with van der Waals surface area (Å²) in [5, 5.41) is 2.91. The van der Waals surface area contributed by atoms with Gasteiger partial charge in [0.2, 0.25) is 5.91 Å². The summed E-state index contributed by atoms with van der Waals surface area (Å²) in [6.45, 7) is 8.00. The fourth-order valence-corrected chi connectivity index (χ4v) is 4.87. The molecule has 174 valence electrons. The smallest absolute Gasteiger partial charge is 0.255 e. The lowest BCUT2D eigenvalue weighted by molar-refractivity contribution is -0.124. The molecule has 0 spiro atoms. The molecule has 0 aliphatic carbocycles. The van der Waals surface area contributed by atoms with Crippen LogP contribution in [0.1, 0.15) is 46.8 Å². The van der Waals surface area contributed by atoms with Crippen LogP contribution in [0.15, 0.2) is 42.5 Å². The molecule has 7 heteroatoms. The summed E-state index contributed by atoms with van der Waals surface area (Å²) < 4.78 is 11.6. The average molecular weight is 450 g/mol. The van der Waals surface area contributed by atoms with Crippen molar-refractivity contribution in [3.63, 3.8) is 0 Å². The zero-order valence-corrected chi connectivity index (χ0v) is 19.1. The van der Waals surface area contributed by atoms with Crippen LogP contribution < -0.4 is 10.1 Å². The number of carbonyl (C=O) groups is 2. The molecule has 0 aromatic heterocycles. The highest BCUT2D eigenvalue weighted by Crippen LogP contribution is 2.37. The second-order valence-corrected chi connectivity index (χ2v) is 9.44. The van der Waals surface area contributed by atoms with Gasteiger partial charge in [0.25, 0.3) is 5.91 Å².